The monoisotopic (exact) mass is 256 g/mol. The molecule has 1 aliphatic rings. The molecular weight excluding hydrogens is 236 g/mol. The Bertz CT molecular complexity index is 319. The normalized spacial score (nSPS) is 18.1. The van der Waals surface area contributed by atoms with Crippen LogP contribution in [0.15, 0.2) is 0 Å². The summed E-state index contributed by atoms with van der Waals surface area (Å²) in [5.74, 6) is -0.270. The molecular formula is C12H20N2O2S. The minimum atomic E-state index is -0.770. The number of carbonyl (C=O) groups is 2. The maximum atomic E-state index is 12.1. The van der Waals surface area contributed by atoms with Gasteiger partial charge in [-0.1, -0.05) is 26.1 Å². The molecule has 0 aromatic heterocycles. The van der Waals surface area contributed by atoms with Gasteiger partial charge in [-0.2, -0.15) is 0 Å². The van der Waals surface area contributed by atoms with Crippen molar-refractivity contribution in [2.45, 2.75) is 57.9 Å². The summed E-state index contributed by atoms with van der Waals surface area (Å²) in [5, 5.41) is 0. The Morgan fingerprint density at radius 1 is 1.24 bits per heavy atom. The number of nitrogens with two attached hydrogens (primary N) is 1. The van der Waals surface area contributed by atoms with Gasteiger partial charge in [-0.15, -0.1) is 0 Å². The second kappa shape index (κ2) is 5.58. The Balaban J connectivity index is 3.18. The minimum Gasteiger partial charge on any atom is -0.391 e. The maximum Gasteiger partial charge on any atom is 0.230 e. The molecule has 0 bridgehead atoms. The van der Waals surface area contributed by atoms with Crippen LogP contribution in [0.1, 0.15) is 52.4 Å². The number of nitrogens with zero attached hydrogens (tertiary/aromatic N) is 1. The maximum absolute atomic E-state index is 12.1. The van der Waals surface area contributed by atoms with Crippen molar-refractivity contribution in [3.05, 3.63) is 0 Å². The summed E-state index contributed by atoms with van der Waals surface area (Å²) in [7, 11) is 0. The van der Waals surface area contributed by atoms with Crippen LogP contribution < -0.4 is 5.73 Å². The van der Waals surface area contributed by atoms with E-state index in [2.05, 4.69) is 0 Å². The first-order valence-corrected chi connectivity index (χ1v) is 6.56. The molecule has 96 valence electrons. The number of rotatable bonds is 4. The van der Waals surface area contributed by atoms with Gasteiger partial charge in [0.05, 0.1) is 10.5 Å². The number of hydrogen-bond donors (Lipinski definition) is 1. The zero-order valence-corrected chi connectivity index (χ0v) is 11.3. The van der Waals surface area contributed by atoms with Gasteiger partial charge < -0.3 is 5.73 Å². The van der Waals surface area contributed by atoms with Crippen LogP contribution in [0, 0.1) is 0 Å². The van der Waals surface area contributed by atoms with E-state index < -0.39 is 5.54 Å². The second-order valence-electron chi connectivity index (χ2n) is 4.43. The van der Waals surface area contributed by atoms with Crippen molar-refractivity contribution in [3.63, 3.8) is 0 Å². The lowest BCUT2D eigenvalue weighted by Gasteiger charge is -2.40. The van der Waals surface area contributed by atoms with E-state index in [1.165, 1.54) is 4.90 Å². The van der Waals surface area contributed by atoms with E-state index in [-0.39, 0.29) is 16.8 Å². The number of likely N-dealkylation sites (tertiary alicyclic amines) is 1. The summed E-state index contributed by atoms with van der Waals surface area (Å²) in [5.41, 5.74) is 5.01. The zero-order chi connectivity index (χ0) is 13.1. The average Bonchev–Trinajstić information content (AvgIpc) is 2.45. The van der Waals surface area contributed by atoms with Crippen molar-refractivity contribution >= 4 is 29.0 Å². The highest BCUT2D eigenvalue weighted by molar-refractivity contribution is 7.80. The summed E-state index contributed by atoms with van der Waals surface area (Å²) in [6.07, 6.45) is 3.52. The number of imide groups is 1. The quantitative estimate of drug-likeness (QED) is 0.615. The molecule has 1 saturated heterocycles. The van der Waals surface area contributed by atoms with Gasteiger partial charge in [0.25, 0.3) is 0 Å². The molecule has 1 rings (SSSR count). The predicted octanol–water partition coefficient (Wildman–Crippen LogP) is 1.76. The molecule has 0 aliphatic carbocycles. The fourth-order valence-electron chi connectivity index (χ4n) is 2.42. The fraction of sp³-hybridized carbons (Fsp3) is 0.750. The van der Waals surface area contributed by atoms with Gasteiger partial charge >= 0.3 is 0 Å². The van der Waals surface area contributed by atoms with Gasteiger partial charge in [-0.05, 0) is 25.7 Å². The van der Waals surface area contributed by atoms with Gasteiger partial charge in [-0.3, -0.25) is 14.5 Å². The van der Waals surface area contributed by atoms with E-state index in [4.69, 9.17) is 18.0 Å². The summed E-state index contributed by atoms with van der Waals surface area (Å²) >= 11 is 5.09. The van der Waals surface area contributed by atoms with Crippen molar-refractivity contribution in [1.82, 2.24) is 4.90 Å². The van der Waals surface area contributed by atoms with E-state index in [9.17, 15) is 9.59 Å². The number of amides is 2. The highest BCUT2D eigenvalue weighted by Gasteiger charge is 2.43. The molecule has 0 atom stereocenters. The molecule has 0 aromatic carbocycles. The van der Waals surface area contributed by atoms with Crippen LogP contribution in [-0.4, -0.2) is 27.2 Å². The first-order valence-electron chi connectivity index (χ1n) is 6.15. The van der Waals surface area contributed by atoms with Crippen molar-refractivity contribution in [3.8, 4) is 0 Å². The number of carbonyl (C=O) groups excluding carboxylic acids is 2. The van der Waals surface area contributed by atoms with E-state index >= 15 is 0 Å². The SMILES string of the molecule is CCC(CC)(C(N)=S)N1C(=O)CCCCC1=O. The van der Waals surface area contributed by atoms with Crippen LogP contribution in [-0.2, 0) is 9.59 Å². The smallest absolute Gasteiger partial charge is 0.230 e. The molecule has 1 aliphatic heterocycles. The van der Waals surface area contributed by atoms with Crippen LogP contribution in [0.3, 0.4) is 0 Å². The van der Waals surface area contributed by atoms with E-state index in [0.717, 1.165) is 12.8 Å². The lowest BCUT2D eigenvalue weighted by Crippen LogP contribution is -2.60. The molecule has 0 saturated carbocycles. The molecule has 2 N–H and O–H groups in total. The Morgan fingerprint density at radius 2 is 1.65 bits per heavy atom. The third kappa shape index (κ3) is 2.49. The largest absolute Gasteiger partial charge is 0.391 e. The zero-order valence-electron chi connectivity index (χ0n) is 10.5. The fourth-order valence-corrected chi connectivity index (χ4v) is 2.80. The molecule has 1 heterocycles. The summed E-state index contributed by atoms with van der Waals surface area (Å²) < 4.78 is 0. The van der Waals surface area contributed by atoms with Crippen molar-refractivity contribution in [2.24, 2.45) is 5.73 Å². The van der Waals surface area contributed by atoms with Gasteiger partial charge in [0, 0.05) is 12.8 Å². The van der Waals surface area contributed by atoms with E-state index in [1.807, 2.05) is 13.8 Å². The Hall–Kier alpha value is -0.970. The van der Waals surface area contributed by atoms with Gasteiger partial charge in [0.15, 0.2) is 0 Å². The molecule has 0 unspecified atom stereocenters. The average molecular weight is 256 g/mol. The Labute approximate surface area is 108 Å². The van der Waals surface area contributed by atoms with Crippen molar-refractivity contribution in [1.29, 1.82) is 0 Å². The standard InChI is InChI=1S/C12H20N2O2S/c1-3-12(4-2,11(13)17)14-9(15)7-5-6-8-10(14)16/h3-8H2,1-2H3,(H2,13,17). The van der Waals surface area contributed by atoms with Crippen molar-refractivity contribution in [2.75, 3.05) is 0 Å². The van der Waals surface area contributed by atoms with E-state index in [1.54, 1.807) is 0 Å². The molecule has 1 fully saturated rings. The molecule has 0 spiro atoms. The predicted molar refractivity (Wildman–Crippen MR) is 70.4 cm³/mol. The lowest BCUT2D eigenvalue weighted by atomic mass is 9.89. The molecule has 2 amide bonds. The highest BCUT2D eigenvalue weighted by Crippen LogP contribution is 2.29. The first kappa shape index (κ1) is 14.1. The van der Waals surface area contributed by atoms with Crippen LogP contribution in [0.4, 0.5) is 0 Å². The van der Waals surface area contributed by atoms with Crippen LogP contribution in [0.25, 0.3) is 0 Å². The minimum absolute atomic E-state index is 0.135. The molecule has 5 heteroatoms. The number of thiocarbonyl (C=S) groups is 1. The topological polar surface area (TPSA) is 63.4 Å². The Kier molecular flexibility index (Phi) is 4.62. The molecule has 17 heavy (non-hydrogen) atoms. The molecule has 4 nitrogen and oxygen atoms in total. The number of hydrogen-bond acceptors (Lipinski definition) is 3. The van der Waals surface area contributed by atoms with Gasteiger partial charge in [0.2, 0.25) is 11.8 Å². The third-order valence-electron chi connectivity index (χ3n) is 3.59. The van der Waals surface area contributed by atoms with Gasteiger partial charge in [0.1, 0.15) is 0 Å². The second-order valence-corrected chi connectivity index (χ2v) is 4.87. The molecule has 0 radical (unpaired) electrons. The van der Waals surface area contributed by atoms with Crippen molar-refractivity contribution < 1.29 is 9.59 Å². The summed E-state index contributed by atoms with van der Waals surface area (Å²) in [4.78, 5) is 25.7. The lowest BCUT2D eigenvalue weighted by molar-refractivity contribution is -0.149. The van der Waals surface area contributed by atoms with Crippen LogP contribution >= 0.6 is 12.2 Å². The van der Waals surface area contributed by atoms with Gasteiger partial charge in [-0.25, -0.2) is 0 Å². The first-order chi connectivity index (χ1) is 7.99. The third-order valence-corrected chi connectivity index (χ3v) is 3.97. The highest BCUT2D eigenvalue weighted by atomic mass is 32.1. The van der Waals surface area contributed by atoms with Crippen LogP contribution in [0.5, 0.6) is 0 Å². The summed E-state index contributed by atoms with van der Waals surface area (Å²) in [6.45, 7) is 3.82. The van der Waals surface area contributed by atoms with E-state index in [0.29, 0.717) is 25.7 Å². The van der Waals surface area contributed by atoms with Crippen LogP contribution in [0.2, 0.25) is 0 Å². The Morgan fingerprint density at radius 3 is 1.94 bits per heavy atom. The molecule has 0 aromatic rings. The summed E-state index contributed by atoms with van der Waals surface area (Å²) in [6, 6.07) is 0.